The molecule has 0 unspecified atom stereocenters. The smallest absolute Gasteiger partial charge is 0.286 e. The first kappa shape index (κ1) is 13.4. The van der Waals surface area contributed by atoms with Gasteiger partial charge in [0.1, 0.15) is 0 Å². The number of aryl methyl sites for hydroxylation is 1. The molecule has 1 saturated heterocycles. The molecule has 20 heavy (non-hydrogen) atoms. The number of thioether (sulfide) groups is 1. The van der Waals surface area contributed by atoms with E-state index in [0.29, 0.717) is 4.91 Å². The lowest BCUT2D eigenvalue weighted by atomic mass is 10.1. The number of piperidine rings is 1. The fourth-order valence-corrected chi connectivity index (χ4v) is 3.37. The van der Waals surface area contributed by atoms with Crippen LogP contribution in [0, 0.1) is 6.92 Å². The van der Waals surface area contributed by atoms with E-state index in [-0.39, 0.29) is 5.91 Å². The van der Waals surface area contributed by atoms with E-state index in [4.69, 9.17) is 0 Å². The molecular formula is C14H18N4OS. The largest absolute Gasteiger partial charge is 0.351 e. The average molecular weight is 290 g/mol. The molecule has 1 fully saturated rings. The molecule has 5 nitrogen and oxygen atoms in total. The first-order chi connectivity index (χ1) is 9.65. The Kier molecular flexibility index (Phi) is 3.65. The van der Waals surface area contributed by atoms with Crippen molar-refractivity contribution in [2.75, 3.05) is 13.1 Å². The zero-order valence-corrected chi connectivity index (χ0v) is 12.6. The van der Waals surface area contributed by atoms with E-state index in [1.807, 2.05) is 24.7 Å². The van der Waals surface area contributed by atoms with Crippen LogP contribution in [0.2, 0.25) is 0 Å². The van der Waals surface area contributed by atoms with Crippen LogP contribution in [-0.2, 0) is 11.8 Å². The molecule has 0 aliphatic carbocycles. The number of amidine groups is 1. The van der Waals surface area contributed by atoms with E-state index >= 15 is 0 Å². The Morgan fingerprint density at radius 1 is 1.30 bits per heavy atom. The van der Waals surface area contributed by atoms with Gasteiger partial charge in [0.2, 0.25) is 0 Å². The predicted molar refractivity (Wildman–Crippen MR) is 81.4 cm³/mol. The Morgan fingerprint density at radius 2 is 2.05 bits per heavy atom. The van der Waals surface area contributed by atoms with Crippen molar-refractivity contribution in [2.45, 2.75) is 26.2 Å². The highest BCUT2D eigenvalue weighted by molar-refractivity contribution is 8.18. The minimum atomic E-state index is -0.126. The number of aromatic nitrogens is 2. The van der Waals surface area contributed by atoms with Crippen molar-refractivity contribution in [3.63, 3.8) is 0 Å². The Hall–Kier alpha value is -1.56. The van der Waals surface area contributed by atoms with Crippen LogP contribution in [0.4, 0.5) is 0 Å². The molecular weight excluding hydrogens is 272 g/mol. The first-order valence-corrected chi connectivity index (χ1v) is 7.73. The maximum atomic E-state index is 12.0. The van der Waals surface area contributed by atoms with Gasteiger partial charge in [0.25, 0.3) is 5.91 Å². The van der Waals surface area contributed by atoms with Gasteiger partial charge in [-0.25, -0.2) is 0 Å². The van der Waals surface area contributed by atoms with Crippen LogP contribution in [0.15, 0.2) is 16.1 Å². The third-order valence-electron chi connectivity index (χ3n) is 3.80. The van der Waals surface area contributed by atoms with Gasteiger partial charge in [0.15, 0.2) is 5.17 Å². The molecule has 0 atom stereocenters. The van der Waals surface area contributed by atoms with Crippen molar-refractivity contribution >= 4 is 28.9 Å². The van der Waals surface area contributed by atoms with Crippen LogP contribution >= 0.6 is 11.8 Å². The summed E-state index contributed by atoms with van der Waals surface area (Å²) in [6.45, 7) is 4.02. The minimum absolute atomic E-state index is 0.126. The molecule has 0 saturated carbocycles. The van der Waals surface area contributed by atoms with Crippen molar-refractivity contribution in [3.05, 3.63) is 22.4 Å². The maximum absolute atomic E-state index is 12.0. The Balaban J connectivity index is 1.78. The van der Waals surface area contributed by atoms with E-state index < -0.39 is 0 Å². The molecule has 106 valence electrons. The summed E-state index contributed by atoms with van der Waals surface area (Å²) in [6.07, 6.45) is 7.34. The Morgan fingerprint density at radius 3 is 2.70 bits per heavy atom. The van der Waals surface area contributed by atoms with Crippen molar-refractivity contribution in [2.24, 2.45) is 12.0 Å². The summed E-state index contributed by atoms with van der Waals surface area (Å²) in [5.74, 6) is -0.126. The predicted octanol–water partition coefficient (Wildman–Crippen LogP) is 2.18. The number of rotatable bonds is 1. The third-order valence-corrected chi connectivity index (χ3v) is 4.84. The summed E-state index contributed by atoms with van der Waals surface area (Å²) in [4.78, 5) is 19.1. The molecule has 0 radical (unpaired) electrons. The van der Waals surface area contributed by atoms with Crippen LogP contribution in [-0.4, -0.2) is 38.8 Å². The van der Waals surface area contributed by atoms with E-state index in [2.05, 4.69) is 15.0 Å². The van der Waals surface area contributed by atoms with Crippen molar-refractivity contribution in [1.29, 1.82) is 0 Å². The summed E-state index contributed by atoms with van der Waals surface area (Å²) in [5.41, 5.74) is 2.04. The molecule has 0 spiro atoms. The topological polar surface area (TPSA) is 50.5 Å². The highest BCUT2D eigenvalue weighted by Crippen LogP contribution is 2.31. The Labute approximate surface area is 122 Å². The standard InChI is InChI=1S/C14H18N4OS/c1-10-11(9-15-17(10)2)8-12-13(19)16-14(20-12)18-6-4-3-5-7-18/h8-9H,3-7H2,1-2H3. The molecule has 6 heteroatoms. The third kappa shape index (κ3) is 2.52. The summed E-state index contributed by atoms with van der Waals surface area (Å²) in [5, 5.41) is 5.06. The number of aliphatic imine (C=N–C) groups is 1. The lowest BCUT2D eigenvalue weighted by Crippen LogP contribution is -2.33. The second-order valence-electron chi connectivity index (χ2n) is 5.17. The molecule has 0 N–H and O–H groups in total. The maximum Gasteiger partial charge on any atom is 0.286 e. The molecule has 3 rings (SSSR count). The van der Waals surface area contributed by atoms with E-state index in [1.54, 1.807) is 6.20 Å². The van der Waals surface area contributed by atoms with Crippen molar-refractivity contribution in [1.82, 2.24) is 14.7 Å². The van der Waals surface area contributed by atoms with Crippen molar-refractivity contribution < 1.29 is 4.79 Å². The van der Waals surface area contributed by atoms with Crippen LogP contribution in [0.5, 0.6) is 0 Å². The van der Waals surface area contributed by atoms with Gasteiger partial charge in [-0.1, -0.05) is 0 Å². The SMILES string of the molecule is Cc1c(C=C2SC(N3CCCCC3)=NC2=O)cnn1C. The number of hydrogen-bond acceptors (Lipinski definition) is 4. The molecule has 2 aliphatic rings. The van der Waals surface area contributed by atoms with Gasteiger partial charge < -0.3 is 4.90 Å². The highest BCUT2D eigenvalue weighted by Gasteiger charge is 2.27. The van der Waals surface area contributed by atoms with Crippen molar-refractivity contribution in [3.8, 4) is 0 Å². The van der Waals surface area contributed by atoms with Gasteiger partial charge in [0, 0.05) is 31.4 Å². The number of carbonyl (C=O) groups excluding carboxylic acids is 1. The van der Waals surface area contributed by atoms with Gasteiger partial charge in [-0.15, -0.1) is 0 Å². The molecule has 0 aromatic carbocycles. The quantitative estimate of drug-likeness (QED) is 0.744. The summed E-state index contributed by atoms with van der Waals surface area (Å²) >= 11 is 1.49. The number of nitrogens with zero attached hydrogens (tertiary/aromatic N) is 4. The monoisotopic (exact) mass is 290 g/mol. The zero-order valence-electron chi connectivity index (χ0n) is 11.8. The second kappa shape index (κ2) is 5.44. The molecule has 3 heterocycles. The van der Waals surface area contributed by atoms with E-state index in [1.165, 1.54) is 31.0 Å². The summed E-state index contributed by atoms with van der Waals surface area (Å²) in [6, 6.07) is 0. The highest BCUT2D eigenvalue weighted by atomic mass is 32.2. The molecule has 1 aromatic rings. The molecule has 0 bridgehead atoms. The lowest BCUT2D eigenvalue weighted by Gasteiger charge is -2.27. The van der Waals surface area contributed by atoms with E-state index in [0.717, 1.165) is 29.5 Å². The second-order valence-corrected chi connectivity index (χ2v) is 6.18. The average Bonchev–Trinajstić information content (AvgIpc) is 2.98. The normalized spacial score (nSPS) is 21.7. The lowest BCUT2D eigenvalue weighted by molar-refractivity contribution is -0.113. The summed E-state index contributed by atoms with van der Waals surface area (Å²) < 4.78 is 1.81. The fourth-order valence-electron chi connectivity index (χ4n) is 2.42. The van der Waals surface area contributed by atoms with Gasteiger partial charge >= 0.3 is 0 Å². The molecule has 1 aromatic heterocycles. The number of carbonyl (C=O) groups is 1. The fraction of sp³-hybridized carbons (Fsp3) is 0.500. The molecule has 2 aliphatic heterocycles. The van der Waals surface area contributed by atoms with Crippen LogP contribution in [0.3, 0.4) is 0 Å². The van der Waals surface area contributed by atoms with Gasteiger partial charge in [-0.2, -0.15) is 10.1 Å². The number of amides is 1. The van der Waals surface area contributed by atoms with Crippen LogP contribution in [0.25, 0.3) is 6.08 Å². The van der Waals surface area contributed by atoms with E-state index in [9.17, 15) is 4.79 Å². The first-order valence-electron chi connectivity index (χ1n) is 6.91. The minimum Gasteiger partial charge on any atom is -0.351 e. The van der Waals surface area contributed by atoms with Gasteiger partial charge in [0.05, 0.1) is 11.1 Å². The zero-order chi connectivity index (χ0) is 14.1. The van der Waals surface area contributed by atoms with Crippen LogP contribution < -0.4 is 0 Å². The number of likely N-dealkylation sites (tertiary alicyclic amines) is 1. The molecule has 1 amide bonds. The van der Waals surface area contributed by atoms with Gasteiger partial charge in [-0.3, -0.25) is 9.48 Å². The van der Waals surface area contributed by atoms with Gasteiger partial charge in [-0.05, 0) is 44.0 Å². The Bertz CT molecular complexity index is 596. The number of hydrogen-bond donors (Lipinski definition) is 0. The summed E-state index contributed by atoms with van der Waals surface area (Å²) in [7, 11) is 1.90. The van der Waals surface area contributed by atoms with Crippen LogP contribution in [0.1, 0.15) is 30.5 Å².